The molecular formula is C20H21N5OS. The lowest BCUT2D eigenvalue weighted by atomic mass is 9.97. The Kier molecular flexibility index (Phi) is 3.97. The van der Waals surface area contributed by atoms with Crippen LogP contribution < -0.4 is 10.9 Å². The van der Waals surface area contributed by atoms with Gasteiger partial charge >= 0.3 is 0 Å². The van der Waals surface area contributed by atoms with E-state index in [1.807, 2.05) is 24.5 Å². The number of hydrogen-bond donors (Lipinski definition) is 1. The highest BCUT2D eigenvalue weighted by molar-refractivity contribution is 7.18. The van der Waals surface area contributed by atoms with E-state index in [0.29, 0.717) is 12.5 Å². The lowest BCUT2D eigenvalue weighted by molar-refractivity contribution is 0.699. The van der Waals surface area contributed by atoms with Gasteiger partial charge in [0.2, 0.25) is 5.95 Å². The Balaban J connectivity index is 1.42. The van der Waals surface area contributed by atoms with Crippen LogP contribution in [-0.4, -0.2) is 25.6 Å². The number of benzene rings is 1. The van der Waals surface area contributed by atoms with Gasteiger partial charge in [-0.2, -0.15) is 0 Å². The molecule has 1 aromatic carbocycles. The van der Waals surface area contributed by atoms with Crippen molar-refractivity contribution in [3.05, 3.63) is 51.4 Å². The summed E-state index contributed by atoms with van der Waals surface area (Å²) in [6.07, 6.45) is 6.32. The highest BCUT2D eigenvalue weighted by Gasteiger charge is 2.21. The van der Waals surface area contributed by atoms with E-state index in [-0.39, 0.29) is 5.56 Å². The van der Waals surface area contributed by atoms with Crippen molar-refractivity contribution in [1.82, 2.24) is 19.1 Å². The van der Waals surface area contributed by atoms with Gasteiger partial charge < -0.3 is 9.88 Å². The smallest absolute Gasteiger partial charge is 0.263 e. The number of aromatic nitrogens is 4. The van der Waals surface area contributed by atoms with Crippen molar-refractivity contribution in [2.75, 3.05) is 11.9 Å². The minimum atomic E-state index is 0.0648. The molecule has 0 fully saturated rings. The van der Waals surface area contributed by atoms with Gasteiger partial charge in [0.25, 0.3) is 5.56 Å². The molecule has 0 atom stereocenters. The molecule has 0 unspecified atom stereocenters. The topological polar surface area (TPSA) is 64.7 Å². The molecule has 0 amide bonds. The monoisotopic (exact) mass is 379 g/mol. The molecule has 6 nitrogen and oxygen atoms in total. The highest BCUT2D eigenvalue weighted by Crippen LogP contribution is 2.34. The number of para-hydroxylation sites is 2. The summed E-state index contributed by atoms with van der Waals surface area (Å²) in [6, 6.07) is 8.09. The molecule has 1 aliphatic carbocycles. The standard InChI is InChI=1S/C20H21N5OS/c1-24-19(26)17-13-6-2-5-9-16(13)27-18(17)23-20(24)21-10-11-25-12-22-14-7-3-4-8-15(14)25/h3-4,7-8,12H,2,5-6,9-11H2,1H3,(H,21,23). The van der Waals surface area contributed by atoms with Gasteiger partial charge in [-0.1, -0.05) is 12.1 Å². The third kappa shape index (κ3) is 2.73. The fourth-order valence-corrected chi connectivity index (χ4v) is 5.17. The molecule has 4 aromatic rings. The van der Waals surface area contributed by atoms with Crippen molar-refractivity contribution >= 4 is 38.5 Å². The van der Waals surface area contributed by atoms with Crippen molar-refractivity contribution in [3.8, 4) is 0 Å². The van der Waals surface area contributed by atoms with E-state index < -0.39 is 0 Å². The molecular weight excluding hydrogens is 358 g/mol. The second kappa shape index (κ2) is 6.49. The van der Waals surface area contributed by atoms with Crippen LogP contribution in [-0.2, 0) is 26.4 Å². The van der Waals surface area contributed by atoms with E-state index in [9.17, 15) is 4.79 Å². The second-order valence-corrected chi connectivity index (χ2v) is 8.13. The summed E-state index contributed by atoms with van der Waals surface area (Å²) in [6.45, 7) is 1.44. The second-order valence-electron chi connectivity index (χ2n) is 7.04. The van der Waals surface area contributed by atoms with Crippen molar-refractivity contribution in [2.45, 2.75) is 32.2 Å². The molecule has 0 saturated heterocycles. The molecule has 0 saturated carbocycles. The number of anilines is 1. The lowest BCUT2D eigenvalue weighted by Crippen LogP contribution is -2.24. The Morgan fingerprint density at radius 2 is 2.07 bits per heavy atom. The lowest BCUT2D eigenvalue weighted by Gasteiger charge is -2.12. The maximum atomic E-state index is 12.9. The molecule has 138 valence electrons. The fraction of sp³-hybridized carbons (Fsp3) is 0.350. The third-order valence-electron chi connectivity index (χ3n) is 5.36. The molecule has 0 aliphatic heterocycles. The van der Waals surface area contributed by atoms with E-state index in [1.165, 1.54) is 23.3 Å². The zero-order chi connectivity index (χ0) is 18.4. The van der Waals surface area contributed by atoms with Crippen LogP contribution in [0.25, 0.3) is 21.3 Å². The predicted molar refractivity (Wildman–Crippen MR) is 110 cm³/mol. The van der Waals surface area contributed by atoms with Gasteiger partial charge in [-0.3, -0.25) is 9.36 Å². The van der Waals surface area contributed by atoms with Crippen LogP contribution in [0.1, 0.15) is 23.3 Å². The zero-order valence-corrected chi connectivity index (χ0v) is 16.1. The van der Waals surface area contributed by atoms with Crippen LogP contribution in [0.4, 0.5) is 5.95 Å². The Hall–Kier alpha value is -2.67. The summed E-state index contributed by atoms with van der Waals surface area (Å²) < 4.78 is 3.76. The minimum Gasteiger partial charge on any atom is -0.354 e. The Bertz CT molecular complexity index is 1200. The molecule has 7 heteroatoms. The predicted octanol–water partition coefficient (Wildman–Crippen LogP) is 3.34. The molecule has 3 heterocycles. The Morgan fingerprint density at radius 1 is 1.22 bits per heavy atom. The van der Waals surface area contributed by atoms with Gasteiger partial charge in [0.05, 0.1) is 22.7 Å². The molecule has 0 bridgehead atoms. The molecule has 0 radical (unpaired) electrons. The van der Waals surface area contributed by atoms with Crippen LogP contribution >= 0.6 is 11.3 Å². The van der Waals surface area contributed by atoms with Gasteiger partial charge in [-0.15, -0.1) is 11.3 Å². The van der Waals surface area contributed by atoms with Crippen LogP contribution in [0.3, 0.4) is 0 Å². The number of fused-ring (bicyclic) bond motifs is 4. The maximum Gasteiger partial charge on any atom is 0.263 e. The summed E-state index contributed by atoms with van der Waals surface area (Å²) in [5.41, 5.74) is 3.41. The van der Waals surface area contributed by atoms with E-state index in [0.717, 1.165) is 40.6 Å². The number of aryl methyl sites for hydroxylation is 2. The number of imidazole rings is 1. The van der Waals surface area contributed by atoms with Crippen molar-refractivity contribution < 1.29 is 0 Å². The van der Waals surface area contributed by atoms with E-state index in [2.05, 4.69) is 20.9 Å². The van der Waals surface area contributed by atoms with Gasteiger partial charge in [0.1, 0.15) is 4.83 Å². The summed E-state index contributed by atoms with van der Waals surface area (Å²) in [5.74, 6) is 0.635. The van der Waals surface area contributed by atoms with Crippen molar-refractivity contribution in [2.24, 2.45) is 7.05 Å². The van der Waals surface area contributed by atoms with Crippen molar-refractivity contribution in [3.63, 3.8) is 0 Å². The van der Waals surface area contributed by atoms with E-state index >= 15 is 0 Å². The van der Waals surface area contributed by atoms with Crippen LogP contribution in [0.15, 0.2) is 35.4 Å². The summed E-state index contributed by atoms with van der Waals surface area (Å²) in [7, 11) is 1.80. The molecule has 3 aromatic heterocycles. The average molecular weight is 379 g/mol. The van der Waals surface area contributed by atoms with Crippen LogP contribution in [0.2, 0.25) is 0 Å². The normalized spacial score (nSPS) is 14.0. The first-order valence-corrected chi connectivity index (χ1v) is 10.2. The number of rotatable bonds is 4. The van der Waals surface area contributed by atoms with E-state index in [4.69, 9.17) is 4.98 Å². The molecule has 5 rings (SSSR count). The fourth-order valence-electron chi connectivity index (χ4n) is 3.92. The Labute approximate surface area is 160 Å². The van der Waals surface area contributed by atoms with Gasteiger partial charge in [-0.05, 0) is 43.4 Å². The summed E-state index contributed by atoms with van der Waals surface area (Å²) in [4.78, 5) is 24.3. The minimum absolute atomic E-state index is 0.0648. The Morgan fingerprint density at radius 3 is 3.00 bits per heavy atom. The van der Waals surface area contributed by atoms with Gasteiger partial charge in [-0.25, -0.2) is 9.97 Å². The molecule has 0 spiro atoms. The van der Waals surface area contributed by atoms with Crippen LogP contribution in [0, 0.1) is 0 Å². The summed E-state index contributed by atoms with van der Waals surface area (Å²) >= 11 is 1.69. The number of thiophene rings is 1. The highest BCUT2D eigenvalue weighted by atomic mass is 32.1. The first-order chi connectivity index (χ1) is 13.2. The largest absolute Gasteiger partial charge is 0.354 e. The number of hydrogen-bond acceptors (Lipinski definition) is 5. The zero-order valence-electron chi connectivity index (χ0n) is 15.2. The van der Waals surface area contributed by atoms with E-state index in [1.54, 1.807) is 23.0 Å². The van der Waals surface area contributed by atoms with Crippen LogP contribution in [0.5, 0.6) is 0 Å². The van der Waals surface area contributed by atoms with Gasteiger partial charge in [0.15, 0.2) is 0 Å². The SMILES string of the molecule is Cn1c(NCCn2cnc3ccccc32)nc2sc3c(c2c1=O)CCCC3. The van der Waals surface area contributed by atoms with Crippen molar-refractivity contribution in [1.29, 1.82) is 0 Å². The third-order valence-corrected chi connectivity index (χ3v) is 6.55. The maximum absolute atomic E-state index is 12.9. The first-order valence-electron chi connectivity index (χ1n) is 9.37. The summed E-state index contributed by atoms with van der Waals surface area (Å²) in [5, 5.41) is 4.18. The van der Waals surface area contributed by atoms with Gasteiger partial charge in [0, 0.05) is 25.0 Å². The number of nitrogens with zero attached hydrogens (tertiary/aromatic N) is 4. The number of nitrogens with one attached hydrogen (secondary N) is 1. The quantitative estimate of drug-likeness (QED) is 0.591. The average Bonchev–Trinajstić information content (AvgIpc) is 3.27. The molecule has 1 aliphatic rings. The first kappa shape index (κ1) is 16.5. The molecule has 27 heavy (non-hydrogen) atoms. The molecule has 1 N–H and O–H groups in total.